The van der Waals surface area contributed by atoms with Crippen LogP contribution in [0.2, 0.25) is 0 Å². The fourth-order valence-corrected chi connectivity index (χ4v) is 8.13. The lowest BCUT2D eigenvalue weighted by atomic mass is 9.69. The van der Waals surface area contributed by atoms with Crippen molar-refractivity contribution in [2.75, 3.05) is 6.61 Å². The van der Waals surface area contributed by atoms with Crippen molar-refractivity contribution in [3.8, 4) is 5.75 Å². The monoisotopic (exact) mass is 600 g/mol. The van der Waals surface area contributed by atoms with E-state index in [2.05, 4.69) is 6.08 Å². The Bertz CT molecular complexity index is 1260. The average molecular weight is 601 g/mol. The normalized spacial score (nSPS) is 27.0. The van der Waals surface area contributed by atoms with E-state index in [1.54, 1.807) is 32.0 Å². The molecule has 0 heterocycles. The summed E-state index contributed by atoms with van der Waals surface area (Å²) in [4.78, 5) is 0. The van der Waals surface area contributed by atoms with E-state index >= 15 is 0 Å². The molecule has 2 unspecified atom stereocenters. The van der Waals surface area contributed by atoms with E-state index in [4.69, 9.17) is 4.74 Å². The average Bonchev–Trinajstić information content (AvgIpc) is 3.04. The van der Waals surface area contributed by atoms with Crippen molar-refractivity contribution in [1.29, 1.82) is 0 Å². The first-order valence-corrected chi connectivity index (χ1v) is 16.8. The fourth-order valence-electron chi connectivity index (χ4n) is 8.13. The van der Waals surface area contributed by atoms with Crippen LogP contribution in [0.25, 0.3) is 5.57 Å². The van der Waals surface area contributed by atoms with Crippen LogP contribution < -0.4 is 4.74 Å². The Morgan fingerprint density at radius 2 is 1.42 bits per heavy atom. The van der Waals surface area contributed by atoms with Gasteiger partial charge in [-0.2, -0.15) is 4.39 Å². The van der Waals surface area contributed by atoms with Crippen molar-refractivity contribution in [3.05, 3.63) is 70.3 Å². The summed E-state index contributed by atoms with van der Waals surface area (Å²) in [7, 11) is 0. The summed E-state index contributed by atoms with van der Waals surface area (Å²) in [5, 5.41) is 9.97. The molecule has 2 saturated carbocycles. The first kappa shape index (κ1) is 32.1. The zero-order valence-corrected chi connectivity index (χ0v) is 25.8. The van der Waals surface area contributed by atoms with Gasteiger partial charge in [0, 0.05) is 11.1 Å². The SMILES string of the molecule is CCOc1ccc(C2=CCC(C3CCC(CCC4CCC(c5ccc(C(O)CC)c(F)c5F)CC4)CC3)CC2)c(F)c1F. The first-order valence-electron chi connectivity index (χ1n) is 16.8. The van der Waals surface area contributed by atoms with Gasteiger partial charge in [0.2, 0.25) is 5.82 Å². The maximum atomic E-state index is 14.8. The largest absolute Gasteiger partial charge is 0.491 e. The van der Waals surface area contributed by atoms with Crippen molar-refractivity contribution in [2.45, 2.75) is 116 Å². The summed E-state index contributed by atoms with van der Waals surface area (Å²) >= 11 is 0. The van der Waals surface area contributed by atoms with Gasteiger partial charge in [0.1, 0.15) is 0 Å². The molecule has 0 bridgehead atoms. The predicted octanol–water partition coefficient (Wildman–Crippen LogP) is 10.8. The Labute approximate surface area is 254 Å². The summed E-state index contributed by atoms with van der Waals surface area (Å²) in [6.07, 6.45) is 15.7. The van der Waals surface area contributed by atoms with Crippen molar-refractivity contribution in [2.24, 2.45) is 23.7 Å². The second kappa shape index (κ2) is 14.6. The molecule has 43 heavy (non-hydrogen) atoms. The molecular weight excluding hydrogens is 552 g/mol. The molecule has 2 aromatic carbocycles. The summed E-state index contributed by atoms with van der Waals surface area (Å²) in [6, 6.07) is 6.45. The molecule has 0 radical (unpaired) electrons. The molecule has 5 rings (SSSR count). The number of allylic oxidation sites excluding steroid dienone is 2. The highest BCUT2D eigenvalue weighted by Crippen LogP contribution is 2.45. The second-order valence-corrected chi connectivity index (χ2v) is 13.3. The number of aliphatic hydroxyl groups excluding tert-OH is 1. The Balaban J connectivity index is 1.04. The maximum Gasteiger partial charge on any atom is 0.201 e. The minimum absolute atomic E-state index is 0.0234. The Morgan fingerprint density at radius 1 is 0.744 bits per heavy atom. The van der Waals surface area contributed by atoms with Crippen LogP contribution in [0.15, 0.2) is 30.3 Å². The maximum absolute atomic E-state index is 14.8. The minimum atomic E-state index is -0.963. The Kier molecular flexibility index (Phi) is 10.9. The van der Waals surface area contributed by atoms with Crippen molar-refractivity contribution in [1.82, 2.24) is 0 Å². The van der Waals surface area contributed by atoms with Gasteiger partial charge in [-0.15, -0.1) is 0 Å². The van der Waals surface area contributed by atoms with E-state index in [0.717, 1.165) is 56.4 Å². The van der Waals surface area contributed by atoms with Crippen LogP contribution in [0, 0.1) is 46.9 Å². The van der Waals surface area contributed by atoms with Crippen LogP contribution >= 0.6 is 0 Å². The smallest absolute Gasteiger partial charge is 0.201 e. The molecule has 6 heteroatoms. The standard InChI is InChI=1S/C37H48F4O2/c1-3-32(42)31-20-19-29(34(38)36(31)40)27-13-9-24(10-14-27)6-5-23-7-11-25(12-8-23)26-15-17-28(18-16-26)30-21-22-33(43-4-2)37(41)35(30)39/h17,19-27,32,42H,3-16,18H2,1-2H3. The zero-order valence-electron chi connectivity index (χ0n) is 25.8. The molecule has 0 amide bonds. The predicted molar refractivity (Wildman–Crippen MR) is 164 cm³/mol. The van der Waals surface area contributed by atoms with Crippen LogP contribution in [-0.2, 0) is 0 Å². The molecule has 2 atom stereocenters. The Morgan fingerprint density at radius 3 is 2.02 bits per heavy atom. The summed E-state index contributed by atoms with van der Waals surface area (Å²) in [6.45, 7) is 3.82. The van der Waals surface area contributed by atoms with Crippen molar-refractivity contribution in [3.63, 3.8) is 0 Å². The fraction of sp³-hybridized carbons (Fsp3) is 0.622. The highest BCUT2D eigenvalue weighted by atomic mass is 19.2. The number of benzene rings is 2. The van der Waals surface area contributed by atoms with Gasteiger partial charge in [0.25, 0.3) is 0 Å². The topological polar surface area (TPSA) is 29.5 Å². The molecule has 2 fully saturated rings. The highest BCUT2D eigenvalue weighted by molar-refractivity contribution is 5.67. The van der Waals surface area contributed by atoms with Crippen molar-refractivity contribution >= 4 is 5.57 Å². The number of rotatable bonds is 10. The van der Waals surface area contributed by atoms with Crippen LogP contribution in [0.4, 0.5) is 17.6 Å². The number of hydrogen-bond acceptors (Lipinski definition) is 2. The molecule has 2 nitrogen and oxygen atoms in total. The molecule has 0 aliphatic heterocycles. The molecule has 3 aliphatic rings. The quantitative estimate of drug-likeness (QED) is 0.275. The number of halogens is 4. The first-order chi connectivity index (χ1) is 20.8. The molecular formula is C37H48F4O2. The summed E-state index contributed by atoms with van der Waals surface area (Å²) < 4.78 is 63.7. The number of hydrogen-bond donors (Lipinski definition) is 1. The second-order valence-electron chi connectivity index (χ2n) is 13.3. The van der Waals surface area contributed by atoms with E-state index in [0.29, 0.717) is 41.9 Å². The third-order valence-electron chi connectivity index (χ3n) is 10.9. The van der Waals surface area contributed by atoms with Gasteiger partial charge in [-0.25, -0.2) is 13.2 Å². The van der Waals surface area contributed by atoms with Gasteiger partial charge < -0.3 is 9.84 Å². The zero-order chi connectivity index (χ0) is 30.5. The number of ether oxygens (including phenoxy) is 1. The third-order valence-corrected chi connectivity index (χ3v) is 10.9. The van der Waals surface area contributed by atoms with E-state index in [1.165, 1.54) is 44.6 Å². The Hall–Kier alpha value is -2.34. The van der Waals surface area contributed by atoms with Crippen molar-refractivity contribution < 1.29 is 27.4 Å². The molecule has 1 N–H and O–H groups in total. The number of aliphatic hydroxyl groups is 1. The lowest BCUT2D eigenvalue weighted by Crippen LogP contribution is -2.24. The summed E-state index contributed by atoms with van der Waals surface area (Å²) in [5.74, 6) is -0.533. The molecule has 3 aliphatic carbocycles. The molecule has 0 spiro atoms. The van der Waals surface area contributed by atoms with Crippen LogP contribution in [0.5, 0.6) is 5.75 Å². The van der Waals surface area contributed by atoms with E-state index in [1.807, 2.05) is 0 Å². The van der Waals surface area contributed by atoms with E-state index < -0.39 is 29.4 Å². The van der Waals surface area contributed by atoms with Crippen LogP contribution in [0.1, 0.15) is 132 Å². The molecule has 0 aromatic heterocycles. The van der Waals surface area contributed by atoms with Gasteiger partial charge in [-0.05, 0) is 124 Å². The van der Waals surface area contributed by atoms with E-state index in [-0.39, 0.29) is 17.2 Å². The van der Waals surface area contributed by atoms with Gasteiger partial charge >= 0.3 is 0 Å². The molecule has 236 valence electrons. The van der Waals surface area contributed by atoms with Gasteiger partial charge in [0.15, 0.2) is 23.2 Å². The lowest BCUT2D eigenvalue weighted by Gasteiger charge is -2.36. The third kappa shape index (κ3) is 7.32. The van der Waals surface area contributed by atoms with Gasteiger partial charge in [0.05, 0.1) is 12.7 Å². The minimum Gasteiger partial charge on any atom is -0.491 e. The summed E-state index contributed by atoms with van der Waals surface area (Å²) in [5.41, 5.74) is 1.83. The van der Waals surface area contributed by atoms with E-state index in [9.17, 15) is 22.7 Å². The molecule has 0 saturated heterocycles. The lowest BCUT2D eigenvalue weighted by molar-refractivity contribution is 0.167. The highest BCUT2D eigenvalue weighted by Gasteiger charge is 2.31. The van der Waals surface area contributed by atoms with Crippen LogP contribution in [0.3, 0.4) is 0 Å². The molecule has 2 aromatic rings. The van der Waals surface area contributed by atoms with Gasteiger partial charge in [-0.1, -0.05) is 50.8 Å². The van der Waals surface area contributed by atoms with Gasteiger partial charge in [-0.3, -0.25) is 0 Å². The van der Waals surface area contributed by atoms with Crippen LogP contribution in [-0.4, -0.2) is 11.7 Å².